The summed E-state index contributed by atoms with van der Waals surface area (Å²) in [4.78, 5) is 15.9. The quantitative estimate of drug-likeness (QED) is 0.608. The first-order chi connectivity index (χ1) is 13.5. The average molecular weight is 368 g/mol. The molecule has 5 heteroatoms. The summed E-state index contributed by atoms with van der Waals surface area (Å²) in [6.45, 7) is 1.81. The number of fused-ring (bicyclic) bond motifs is 1. The second-order valence-electron chi connectivity index (χ2n) is 6.83. The predicted octanol–water partition coefficient (Wildman–Crippen LogP) is 4.00. The van der Waals surface area contributed by atoms with Gasteiger partial charge in [0.1, 0.15) is 5.82 Å². The van der Waals surface area contributed by atoms with E-state index in [0.29, 0.717) is 23.6 Å². The van der Waals surface area contributed by atoms with Gasteiger partial charge in [-0.1, -0.05) is 54.6 Å². The van der Waals surface area contributed by atoms with E-state index < -0.39 is 0 Å². The number of hydrogen-bond donors (Lipinski definition) is 3. The van der Waals surface area contributed by atoms with Crippen LogP contribution < -0.4 is 11.1 Å². The van der Waals surface area contributed by atoms with Gasteiger partial charge in [0.05, 0.1) is 12.1 Å². The molecule has 2 heterocycles. The number of nitrogens with two attached hydrogens (primary N) is 1. The smallest absolute Gasteiger partial charge is 0.230 e. The number of benzene rings is 2. The van der Waals surface area contributed by atoms with Gasteiger partial charge in [-0.05, 0) is 24.1 Å². The molecular weight excluding hydrogens is 348 g/mol. The molecule has 0 aliphatic carbocycles. The fourth-order valence-electron chi connectivity index (χ4n) is 3.41. The number of anilines is 1. The summed E-state index contributed by atoms with van der Waals surface area (Å²) in [5.74, 6) is 0.619. The maximum Gasteiger partial charge on any atom is 0.230 e. The summed E-state index contributed by atoms with van der Waals surface area (Å²) in [6, 6.07) is 19.5. The van der Waals surface area contributed by atoms with E-state index in [9.17, 15) is 4.79 Å². The lowest BCUT2D eigenvalue weighted by Gasteiger charge is -2.13. The van der Waals surface area contributed by atoms with E-state index in [-0.39, 0.29) is 5.91 Å². The van der Waals surface area contributed by atoms with Crippen molar-refractivity contribution in [3.05, 3.63) is 89.2 Å². The Balaban J connectivity index is 1.65. The molecule has 0 spiro atoms. The van der Waals surface area contributed by atoms with E-state index in [0.717, 1.165) is 33.4 Å². The second kappa shape index (κ2) is 7.12. The van der Waals surface area contributed by atoms with Crippen LogP contribution in [0.1, 0.15) is 23.6 Å². The van der Waals surface area contributed by atoms with Crippen LogP contribution in [0.15, 0.2) is 72.6 Å². The highest BCUT2D eigenvalue weighted by Gasteiger charge is 2.19. The Labute approximate surface area is 163 Å². The van der Waals surface area contributed by atoms with Crippen molar-refractivity contribution in [3.8, 4) is 11.1 Å². The van der Waals surface area contributed by atoms with E-state index in [2.05, 4.69) is 10.3 Å². The van der Waals surface area contributed by atoms with Crippen molar-refractivity contribution in [1.82, 2.24) is 4.98 Å². The van der Waals surface area contributed by atoms with Gasteiger partial charge >= 0.3 is 0 Å². The maximum absolute atomic E-state index is 11.5. The third-order valence-electron chi connectivity index (χ3n) is 4.79. The first-order valence-corrected chi connectivity index (χ1v) is 9.03. The summed E-state index contributed by atoms with van der Waals surface area (Å²) >= 11 is 0. The molecule has 138 valence electrons. The molecular formula is C23H20N4O. The summed E-state index contributed by atoms with van der Waals surface area (Å²) in [5, 5.41) is 11.3. The van der Waals surface area contributed by atoms with Gasteiger partial charge in [-0.3, -0.25) is 10.2 Å². The Kier molecular flexibility index (Phi) is 4.49. The summed E-state index contributed by atoms with van der Waals surface area (Å²) < 4.78 is 0. The van der Waals surface area contributed by atoms with Crippen LogP contribution in [0.2, 0.25) is 0 Å². The number of allylic oxidation sites excluding steroid dienone is 2. The molecule has 0 atom stereocenters. The lowest BCUT2D eigenvalue weighted by molar-refractivity contribution is -0.115. The molecule has 0 radical (unpaired) electrons. The van der Waals surface area contributed by atoms with Crippen molar-refractivity contribution in [3.63, 3.8) is 0 Å². The van der Waals surface area contributed by atoms with Gasteiger partial charge in [-0.25, -0.2) is 4.98 Å². The normalized spacial score (nSPS) is 13.5. The second-order valence-corrected chi connectivity index (χ2v) is 6.83. The van der Waals surface area contributed by atoms with Gasteiger partial charge in [-0.2, -0.15) is 0 Å². The van der Waals surface area contributed by atoms with Crippen molar-refractivity contribution in [2.24, 2.45) is 5.73 Å². The number of pyridine rings is 1. The van der Waals surface area contributed by atoms with Crippen molar-refractivity contribution in [2.75, 3.05) is 5.32 Å². The van der Waals surface area contributed by atoms with Gasteiger partial charge in [0, 0.05) is 34.2 Å². The minimum atomic E-state index is -0.0253. The topological polar surface area (TPSA) is 91.9 Å². The first kappa shape index (κ1) is 17.7. The van der Waals surface area contributed by atoms with Crippen LogP contribution in [0, 0.1) is 5.41 Å². The molecule has 4 rings (SSSR count). The number of carbonyl (C=O) groups excluding carboxylic acids is 1. The van der Waals surface area contributed by atoms with Crippen LogP contribution >= 0.6 is 0 Å². The SMILES string of the molecule is C/C(N)=C(/C(=N)c1ccccc1)c1ccc(-c2cnc3c(c2)CC(=O)N3)cc1. The Morgan fingerprint density at radius 2 is 1.75 bits per heavy atom. The number of hydrogen-bond acceptors (Lipinski definition) is 4. The zero-order valence-electron chi connectivity index (χ0n) is 15.5. The van der Waals surface area contributed by atoms with E-state index in [1.807, 2.05) is 67.6 Å². The number of nitrogens with one attached hydrogen (secondary N) is 2. The monoisotopic (exact) mass is 368 g/mol. The Morgan fingerprint density at radius 3 is 2.43 bits per heavy atom. The van der Waals surface area contributed by atoms with Crippen molar-refractivity contribution < 1.29 is 4.79 Å². The molecule has 0 bridgehead atoms. The summed E-state index contributed by atoms with van der Waals surface area (Å²) in [5.41, 5.74) is 12.4. The highest BCUT2D eigenvalue weighted by Crippen LogP contribution is 2.29. The molecule has 0 saturated heterocycles. The van der Waals surface area contributed by atoms with Gasteiger partial charge in [0.2, 0.25) is 5.91 Å². The van der Waals surface area contributed by atoms with Crippen LogP contribution in [0.3, 0.4) is 0 Å². The molecule has 2 aromatic carbocycles. The highest BCUT2D eigenvalue weighted by atomic mass is 16.1. The van der Waals surface area contributed by atoms with E-state index >= 15 is 0 Å². The van der Waals surface area contributed by atoms with Gasteiger partial charge < -0.3 is 11.1 Å². The van der Waals surface area contributed by atoms with Crippen LogP contribution in [-0.2, 0) is 11.2 Å². The van der Waals surface area contributed by atoms with Crippen LogP contribution in [-0.4, -0.2) is 16.6 Å². The van der Waals surface area contributed by atoms with E-state index in [1.165, 1.54) is 0 Å². The average Bonchev–Trinajstić information content (AvgIpc) is 3.08. The Morgan fingerprint density at radius 1 is 1.04 bits per heavy atom. The molecule has 4 N–H and O–H groups in total. The molecule has 0 fully saturated rings. The van der Waals surface area contributed by atoms with Crippen molar-refractivity contribution in [1.29, 1.82) is 5.41 Å². The zero-order chi connectivity index (χ0) is 19.7. The largest absolute Gasteiger partial charge is 0.402 e. The predicted molar refractivity (Wildman–Crippen MR) is 112 cm³/mol. The zero-order valence-corrected chi connectivity index (χ0v) is 15.5. The molecule has 1 amide bonds. The van der Waals surface area contributed by atoms with Crippen LogP contribution in [0.25, 0.3) is 16.7 Å². The summed E-state index contributed by atoms with van der Waals surface area (Å²) in [7, 11) is 0. The Hall–Kier alpha value is -3.73. The van der Waals surface area contributed by atoms with Crippen LogP contribution in [0.5, 0.6) is 0 Å². The molecule has 1 aromatic heterocycles. The number of amides is 1. The first-order valence-electron chi connectivity index (χ1n) is 9.03. The molecule has 1 aliphatic rings. The number of aromatic nitrogens is 1. The van der Waals surface area contributed by atoms with E-state index in [1.54, 1.807) is 6.20 Å². The number of nitrogens with zero attached hydrogens (tertiary/aromatic N) is 1. The third kappa shape index (κ3) is 3.30. The number of carbonyl (C=O) groups is 1. The number of rotatable bonds is 4. The van der Waals surface area contributed by atoms with Crippen LogP contribution in [0.4, 0.5) is 5.82 Å². The minimum absolute atomic E-state index is 0.0253. The van der Waals surface area contributed by atoms with Gasteiger partial charge in [0.15, 0.2) is 0 Å². The molecule has 3 aromatic rings. The third-order valence-corrected chi connectivity index (χ3v) is 4.79. The highest BCUT2D eigenvalue weighted by molar-refractivity contribution is 6.30. The standard InChI is InChI=1S/C23H20N4O/c1-14(24)21(22(25)17-5-3-2-4-6-17)16-9-7-15(8-10-16)19-11-18-12-20(28)27-23(18)26-13-19/h2-11,13,25H,12,24H2,1H3,(H,26,27,28)/b21-14-,25-22?. The van der Waals surface area contributed by atoms with E-state index in [4.69, 9.17) is 11.1 Å². The van der Waals surface area contributed by atoms with Crippen molar-refractivity contribution >= 4 is 23.0 Å². The summed E-state index contributed by atoms with van der Waals surface area (Å²) in [6.07, 6.45) is 2.12. The lowest BCUT2D eigenvalue weighted by atomic mass is 9.93. The Bertz CT molecular complexity index is 1100. The fraction of sp³-hybridized carbons (Fsp3) is 0.0870. The molecule has 5 nitrogen and oxygen atoms in total. The molecule has 0 saturated carbocycles. The molecule has 0 unspecified atom stereocenters. The fourth-order valence-corrected chi connectivity index (χ4v) is 3.41. The van der Waals surface area contributed by atoms with Gasteiger partial charge in [-0.15, -0.1) is 0 Å². The van der Waals surface area contributed by atoms with Crippen molar-refractivity contribution in [2.45, 2.75) is 13.3 Å². The lowest BCUT2D eigenvalue weighted by Crippen LogP contribution is -2.09. The van der Waals surface area contributed by atoms with Gasteiger partial charge in [0.25, 0.3) is 0 Å². The molecule has 28 heavy (non-hydrogen) atoms. The minimum Gasteiger partial charge on any atom is -0.402 e. The maximum atomic E-state index is 11.5. The molecule has 1 aliphatic heterocycles.